The summed E-state index contributed by atoms with van der Waals surface area (Å²) in [5.74, 6) is -0.290. The van der Waals surface area contributed by atoms with Gasteiger partial charge >= 0.3 is 5.69 Å². The van der Waals surface area contributed by atoms with Crippen molar-refractivity contribution in [2.45, 2.75) is 19.8 Å². The van der Waals surface area contributed by atoms with E-state index in [0.29, 0.717) is 12.2 Å². The van der Waals surface area contributed by atoms with Gasteiger partial charge in [-0.05, 0) is 54.4 Å². The number of amides is 1. The smallest absolute Gasteiger partial charge is 0.346 e. The quantitative estimate of drug-likeness (QED) is 0.339. The van der Waals surface area contributed by atoms with Crippen LogP contribution in [0.1, 0.15) is 35.8 Å². The number of unbranched alkanes of at least 4 members (excludes halogenated alkanes) is 1. The molecule has 2 N–H and O–H groups in total. The summed E-state index contributed by atoms with van der Waals surface area (Å²) >= 11 is 0. The maximum atomic E-state index is 13.1. The number of carbonyl (C=O) groups excluding carboxylic acids is 1. The number of H-pyrrole nitrogens is 1. The Hall–Kier alpha value is -3.81. The molecule has 0 saturated heterocycles. The summed E-state index contributed by atoms with van der Waals surface area (Å²) in [6, 6.07) is 14.2. The van der Waals surface area contributed by atoms with E-state index in [9.17, 15) is 14.0 Å². The zero-order valence-electron chi connectivity index (χ0n) is 16.4. The average molecular weight is 408 g/mol. The van der Waals surface area contributed by atoms with Crippen molar-refractivity contribution >= 4 is 12.1 Å². The number of nitrogens with one attached hydrogen (secondary N) is 2. The average Bonchev–Trinajstić information content (AvgIpc) is 2.74. The van der Waals surface area contributed by atoms with Crippen molar-refractivity contribution in [1.29, 1.82) is 0 Å². The van der Waals surface area contributed by atoms with E-state index in [1.165, 1.54) is 36.5 Å². The molecule has 154 valence electrons. The number of nitrogens with zero attached hydrogens (tertiary/aromatic N) is 2. The summed E-state index contributed by atoms with van der Waals surface area (Å²) in [4.78, 5) is 30.4. The molecule has 0 aliphatic carbocycles. The van der Waals surface area contributed by atoms with E-state index in [1.807, 2.05) is 24.3 Å². The minimum absolute atomic E-state index is 0.0110. The van der Waals surface area contributed by atoms with Crippen molar-refractivity contribution in [1.82, 2.24) is 15.4 Å². The monoisotopic (exact) mass is 408 g/mol. The third kappa shape index (κ3) is 5.84. The van der Waals surface area contributed by atoms with E-state index in [0.717, 1.165) is 24.2 Å². The predicted molar refractivity (Wildman–Crippen MR) is 112 cm³/mol. The summed E-state index contributed by atoms with van der Waals surface area (Å²) < 4.78 is 18.7. The van der Waals surface area contributed by atoms with Crippen molar-refractivity contribution in [3.8, 4) is 17.0 Å². The second-order valence-corrected chi connectivity index (χ2v) is 6.47. The van der Waals surface area contributed by atoms with Crippen LogP contribution in [-0.2, 0) is 0 Å². The Bertz CT molecular complexity index is 1090. The fourth-order valence-corrected chi connectivity index (χ4v) is 2.59. The molecule has 8 heteroatoms. The number of ether oxygens (including phenoxy) is 1. The number of aromatic nitrogens is 2. The number of benzene rings is 2. The molecule has 0 fully saturated rings. The highest BCUT2D eigenvalue weighted by Crippen LogP contribution is 2.16. The lowest BCUT2D eigenvalue weighted by Crippen LogP contribution is -2.24. The Morgan fingerprint density at radius 3 is 2.80 bits per heavy atom. The highest BCUT2D eigenvalue weighted by molar-refractivity contribution is 5.93. The third-order valence-corrected chi connectivity index (χ3v) is 4.13. The first-order valence-electron chi connectivity index (χ1n) is 9.48. The standard InChI is InChI=1S/C22H21FN4O3/c1-2-3-11-30-18-6-4-5-15(12-18)14-24-27-21(28)20-13-19(25-22(29)26-20)16-7-9-17(23)10-8-16/h4-10,12-14H,2-3,11H2,1H3,(H,27,28)(H,25,26,29)/b24-14+. The third-order valence-electron chi connectivity index (χ3n) is 4.13. The summed E-state index contributed by atoms with van der Waals surface area (Å²) in [7, 11) is 0. The lowest BCUT2D eigenvalue weighted by Gasteiger charge is -2.05. The van der Waals surface area contributed by atoms with Gasteiger partial charge in [-0.2, -0.15) is 10.1 Å². The van der Waals surface area contributed by atoms with Crippen LogP contribution in [0.25, 0.3) is 11.3 Å². The SMILES string of the molecule is CCCCOc1cccc(/C=N/NC(=O)c2cc(-c3ccc(F)cc3)nc(=O)[nH]2)c1. The van der Waals surface area contributed by atoms with Gasteiger partial charge in [0, 0.05) is 5.56 Å². The maximum absolute atomic E-state index is 13.1. The second-order valence-electron chi connectivity index (χ2n) is 6.47. The van der Waals surface area contributed by atoms with Crippen molar-refractivity contribution in [3.63, 3.8) is 0 Å². The van der Waals surface area contributed by atoms with Crippen LogP contribution < -0.4 is 15.9 Å². The van der Waals surface area contributed by atoms with Gasteiger partial charge in [-0.25, -0.2) is 14.6 Å². The largest absolute Gasteiger partial charge is 0.494 e. The Kier molecular flexibility index (Phi) is 7.05. The fourth-order valence-electron chi connectivity index (χ4n) is 2.59. The van der Waals surface area contributed by atoms with Crippen LogP contribution in [0.5, 0.6) is 5.75 Å². The molecule has 7 nitrogen and oxygen atoms in total. The van der Waals surface area contributed by atoms with E-state index in [2.05, 4.69) is 27.4 Å². The first kappa shape index (κ1) is 20.9. The van der Waals surface area contributed by atoms with Gasteiger partial charge < -0.3 is 9.72 Å². The number of hydrogen-bond acceptors (Lipinski definition) is 5. The van der Waals surface area contributed by atoms with Gasteiger partial charge in [-0.1, -0.05) is 25.5 Å². The molecule has 0 saturated carbocycles. The summed E-state index contributed by atoms with van der Waals surface area (Å²) in [5.41, 5.74) is 3.18. The minimum atomic E-state index is -0.692. The molecule has 0 aliphatic heterocycles. The van der Waals surface area contributed by atoms with Crippen LogP contribution in [0.3, 0.4) is 0 Å². The minimum Gasteiger partial charge on any atom is -0.494 e. The van der Waals surface area contributed by atoms with Gasteiger partial charge in [-0.3, -0.25) is 4.79 Å². The summed E-state index contributed by atoms with van der Waals surface area (Å²) in [6.45, 7) is 2.73. The van der Waals surface area contributed by atoms with Gasteiger partial charge in [-0.15, -0.1) is 0 Å². The van der Waals surface area contributed by atoms with Crippen molar-refractivity contribution < 1.29 is 13.9 Å². The van der Waals surface area contributed by atoms with E-state index in [4.69, 9.17) is 4.74 Å². The molecule has 0 atom stereocenters. The molecule has 2 aromatic carbocycles. The molecule has 30 heavy (non-hydrogen) atoms. The first-order chi connectivity index (χ1) is 14.5. The van der Waals surface area contributed by atoms with Gasteiger partial charge in [0.2, 0.25) is 0 Å². The number of hydrogen-bond donors (Lipinski definition) is 2. The van der Waals surface area contributed by atoms with Crippen LogP contribution in [0.15, 0.2) is 64.5 Å². The lowest BCUT2D eigenvalue weighted by molar-refractivity contribution is 0.0949. The Morgan fingerprint density at radius 2 is 2.03 bits per heavy atom. The van der Waals surface area contributed by atoms with Crippen molar-refractivity contribution in [2.75, 3.05) is 6.61 Å². The van der Waals surface area contributed by atoms with Gasteiger partial charge in [0.25, 0.3) is 5.91 Å². The number of rotatable bonds is 8. The number of aromatic amines is 1. The van der Waals surface area contributed by atoms with Crippen LogP contribution in [0, 0.1) is 5.82 Å². The topological polar surface area (TPSA) is 96.4 Å². The molecular formula is C22H21FN4O3. The Morgan fingerprint density at radius 1 is 1.23 bits per heavy atom. The first-order valence-corrected chi connectivity index (χ1v) is 9.48. The van der Waals surface area contributed by atoms with Crippen LogP contribution in [0.2, 0.25) is 0 Å². The van der Waals surface area contributed by atoms with Crippen LogP contribution >= 0.6 is 0 Å². The Balaban J connectivity index is 1.68. The molecule has 1 aromatic heterocycles. The fraction of sp³-hybridized carbons (Fsp3) is 0.182. The Labute approximate surface area is 172 Å². The molecule has 0 spiro atoms. The molecule has 1 amide bonds. The van der Waals surface area contributed by atoms with Gasteiger partial charge in [0.1, 0.15) is 17.3 Å². The summed E-state index contributed by atoms with van der Waals surface area (Å²) in [5, 5.41) is 3.93. The molecular weight excluding hydrogens is 387 g/mol. The second kappa shape index (κ2) is 10.1. The molecule has 0 aliphatic rings. The molecule has 0 radical (unpaired) electrons. The molecule has 1 heterocycles. The normalized spacial score (nSPS) is 10.9. The van der Waals surface area contributed by atoms with Crippen molar-refractivity contribution in [3.05, 3.63) is 82.2 Å². The highest BCUT2D eigenvalue weighted by atomic mass is 19.1. The van der Waals surface area contributed by atoms with Crippen LogP contribution in [0.4, 0.5) is 4.39 Å². The van der Waals surface area contributed by atoms with Crippen molar-refractivity contribution in [2.24, 2.45) is 5.10 Å². The van der Waals surface area contributed by atoms with Gasteiger partial charge in [0.05, 0.1) is 18.5 Å². The van der Waals surface area contributed by atoms with E-state index in [1.54, 1.807) is 0 Å². The van der Waals surface area contributed by atoms with Gasteiger partial charge in [0.15, 0.2) is 0 Å². The molecule has 3 aromatic rings. The number of carbonyl (C=O) groups is 1. The number of halogens is 1. The zero-order chi connectivity index (χ0) is 21.3. The zero-order valence-corrected chi connectivity index (χ0v) is 16.4. The summed E-state index contributed by atoms with van der Waals surface area (Å²) in [6.07, 6.45) is 3.50. The highest BCUT2D eigenvalue weighted by Gasteiger charge is 2.10. The van der Waals surface area contributed by atoms with E-state index < -0.39 is 17.4 Å². The molecule has 0 bridgehead atoms. The van der Waals surface area contributed by atoms with E-state index >= 15 is 0 Å². The maximum Gasteiger partial charge on any atom is 0.346 e. The molecule has 0 unspecified atom stereocenters. The van der Waals surface area contributed by atoms with Crippen LogP contribution in [-0.4, -0.2) is 28.7 Å². The number of hydrazone groups is 1. The predicted octanol–water partition coefficient (Wildman–Crippen LogP) is 3.52. The molecule has 3 rings (SSSR count). The lowest BCUT2D eigenvalue weighted by atomic mass is 10.1. The van der Waals surface area contributed by atoms with E-state index in [-0.39, 0.29) is 11.4 Å².